The van der Waals surface area contributed by atoms with E-state index in [0.29, 0.717) is 16.5 Å². The largest absolute Gasteiger partial charge is 0.478 e. The fourth-order valence-corrected chi connectivity index (χ4v) is 1.93. The van der Waals surface area contributed by atoms with Crippen molar-refractivity contribution < 1.29 is 14.6 Å². The molecule has 6 heteroatoms. The number of hydrogen-bond acceptors (Lipinski definition) is 3. The topological polar surface area (TPSA) is 64.4 Å². The van der Waals surface area contributed by atoms with Gasteiger partial charge in [0.15, 0.2) is 5.75 Å². The van der Waals surface area contributed by atoms with E-state index >= 15 is 0 Å². The second-order valence-electron chi connectivity index (χ2n) is 4.17. The SMILES string of the molecule is Cc1nn(C)c(C)c1Oc1cc(Cl)ccc1C(=O)O. The highest BCUT2D eigenvalue weighted by Gasteiger charge is 2.17. The van der Waals surface area contributed by atoms with Crippen molar-refractivity contribution in [3.05, 3.63) is 40.2 Å². The molecule has 0 aliphatic heterocycles. The van der Waals surface area contributed by atoms with Gasteiger partial charge in [-0.25, -0.2) is 4.79 Å². The Morgan fingerprint density at radius 3 is 2.63 bits per heavy atom. The number of carboxylic acid groups (broad SMARTS) is 1. The van der Waals surface area contributed by atoms with Crippen LogP contribution in [0.25, 0.3) is 0 Å². The van der Waals surface area contributed by atoms with Crippen LogP contribution in [0.5, 0.6) is 11.5 Å². The number of aromatic nitrogens is 2. The number of carbonyl (C=O) groups is 1. The van der Waals surface area contributed by atoms with Crippen molar-refractivity contribution in [1.29, 1.82) is 0 Å². The van der Waals surface area contributed by atoms with Gasteiger partial charge in [0.1, 0.15) is 17.0 Å². The number of nitrogens with zero attached hydrogens (tertiary/aromatic N) is 2. The van der Waals surface area contributed by atoms with Gasteiger partial charge < -0.3 is 9.84 Å². The van der Waals surface area contributed by atoms with E-state index in [1.165, 1.54) is 18.2 Å². The van der Waals surface area contributed by atoms with E-state index in [4.69, 9.17) is 21.4 Å². The lowest BCUT2D eigenvalue weighted by atomic mass is 10.2. The predicted octanol–water partition coefficient (Wildman–Crippen LogP) is 3.18. The number of benzene rings is 1. The third-order valence-corrected chi connectivity index (χ3v) is 3.06. The van der Waals surface area contributed by atoms with Gasteiger partial charge in [0, 0.05) is 18.1 Å². The van der Waals surface area contributed by atoms with Gasteiger partial charge in [-0.15, -0.1) is 0 Å². The number of halogens is 1. The summed E-state index contributed by atoms with van der Waals surface area (Å²) < 4.78 is 7.36. The molecule has 2 rings (SSSR count). The van der Waals surface area contributed by atoms with Crippen molar-refractivity contribution in [2.24, 2.45) is 7.05 Å². The Labute approximate surface area is 115 Å². The van der Waals surface area contributed by atoms with Crippen LogP contribution in [0.15, 0.2) is 18.2 Å². The Bertz CT molecular complexity index is 650. The molecule has 0 radical (unpaired) electrons. The minimum atomic E-state index is -1.06. The Kier molecular flexibility index (Phi) is 3.48. The Hall–Kier alpha value is -2.01. The lowest BCUT2D eigenvalue weighted by Crippen LogP contribution is -2.00. The molecule has 0 saturated carbocycles. The first kappa shape index (κ1) is 13.4. The molecule has 0 saturated heterocycles. The highest BCUT2D eigenvalue weighted by Crippen LogP contribution is 2.32. The van der Waals surface area contributed by atoms with Gasteiger partial charge in [-0.05, 0) is 26.0 Å². The standard InChI is InChI=1S/C13H13ClN2O3/c1-7-12(8(2)16(3)15-7)19-11-6-9(14)4-5-10(11)13(17)18/h4-6H,1-3H3,(H,17,18). The summed E-state index contributed by atoms with van der Waals surface area (Å²) in [5.41, 5.74) is 1.57. The molecule has 0 atom stereocenters. The molecule has 1 N–H and O–H groups in total. The van der Waals surface area contributed by atoms with Gasteiger partial charge in [0.2, 0.25) is 0 Å². The van der Waals surface area contributed by atoms with Crippen molar-refractivity contribution in [2.75, 3.05) is 0 Å². The molecule has 100 valence electrons. The van der Waals surface area contributed by atoms with Gasteiger partial charge in [-0.2, -0.15) is 5.10 Å². The molecule has 0 fully saturated rings. The van der Waals surface area contributed by atoms with Crippen LogP contribution in [0.3, 0.4) is 0 Å². The van der Waals surface area contributed by atoms with Crippen LogP contribution in [0.2, 0.25) is 5.02 Å². The van der Waals surface area contributed by atoms with Crippen LogP contribution in [-0.2, 0) is 7.05 Å². The van der Waals surface area contributed by atoms with Crippen LogP contribution < -0.4 is 4.74 Å². The van der Waals surface area contributed by atoms with Crippen molar-refractivity contribution in [3.8, 4) is 11.5 Å². The molecule has 0 aliphatic carbocycles. The fraction of sp³-hybridized carbons (Fsp3) is 0.231. The minimum Gasteiger partial charge on any atom is -0.478 e. The zero-order valence-corrected chi connectivity index (χ0v) is 11.5. The number of carboxylic acids is 1. The average molecular weight is 281 g/mol. The summed E-state index contributed by atoms with van der Waals surface area (Å²) >= 11 is 5.88. The van der Waals surface area contributed by atoms with E-state index < -0.39 is 5.97 Å². The molecule has 2 aromatic rings. The average Bonchev–Trinajstić information content (AvgIpc) is 2.56. The minimum absolute atomic E-state index is 0.0621. The van der Waals surface area contributed by atoms with E-state index in [2.05, 4.69) is 5.10 Å². The molecule has 0 aliphatic rings. The maximum atomic E-state index is 11.2. The third kappa shape index (κ3) is 2.56. The van der Waals surface area contributed by atoms with Crippen LogP contribution >= 0.6 is 11.6 Å². The molecule has 1 aromatic heterocycles. The molecule has 1 heterocycles. The molecule has 19 heavy (non-hydrogen) atoms. The molecule has 5 nitrogen and oxygen atoms in total. The molecular formula is C13H13ClN2O3. The lowest BCUT2D eigenvalue weighted by Gasteiger charge is -2.09. The molecule has 0 amide bonds. The number of aromatic carboxylic acids is 1. The molecule has 1 aromatic carbocycles. The molecule has 0 spiro atoms. The van der Waals surface area contributed by atoms with Crippen molar-refractivity contribution in [2.45, 2.75) is 13.8 Å². The van der Waals surface area contributed by atoms with E-state index in [1.54, 1.807) is 18.7 Å². The van der Waals surface area contributed by atoms with E-state index in [1.807, 2.05) is 6.92 Å². The molecule has 0 bridgehead atoms. The summed E-state index contributed by atoms with van der Waals surface area (Å²) in [6.45, 7) is 3.65. The molecular weight excluding hydrogens is 268 g/mol. The number of ether oxygens (including phenoxy) is 1. The Balaban J connectivity index is 2.48. The van der Waals surface area contributed by atoms with E-state index in [9.17, 15) is 4.79 Å². The van der Waals surface area contributed by atoms with Crippen LogP contribution in [0.4, 0.5) is 0 Å². The first-order chi connectivity index (χ1) is 8.90. The normalized spacial score (nSPS) is 10.5. The summed E-state index contributed by atoms with van der Waals surface area (Å²) in [6.07, 6.45) is 0. The summed E-state index contributed by atoms with van der Waals surface area (Å²) in [7, 11) is 1.80. The zero-order chi connectivity index (χ0) is 14.2. The van der Waals surface area contributed by atoms with Crippen LogP contribution in [0, 0.1) is 13.8 Å². The first-order valence-corrected chi connectivity index (χ1v) is 5.99. The summed E-state index contributed by atoms with van der Waals surface area (Å²) in [4.78, 5) is 11.2. The number of rotatable bonds is 3. The highest BCUT2D eigenvalue weighted by atomic mass is 35.5. The quantitative estimate of drug-likeness (QED) is 0.938. The Morgan fingerprint density at radius 2 is 2.11 bits per heavy atom. The molecule has 0 unspecified atom stereocenters. The lowest BCUT2D eigenvalue weighted by molar-refractivity contribution is 0.0694. The third-order valence-electron chi connectivity index (χ3n) is 2.83. The summed E-state index contributed by atoms with van der Waals surface area (Å²) in [5.74, 6) is -0.308. The number of hydrogen-bond donors (Lipinski definition) is 1. The van der Waals surface area contributed by atoms with Gasteiger partial charge >= 0.3 is 5.97 Å². The maximum absolute atomic E-state index is 11.2. The first-order valence-electron chi connectivity index (χ1n) is 5.61. The predicted molar refractivity (Wildman–Crippen MR) is 71.2 cm³/mol. The van der Waals surface area contributed by atoms with Crippen molar-refractivity contribution >= 4 is 17.6 Å². The monoisotopic (exact) mass is 280 g/mol. The van der Waals surface area contributed by atoms with Gasteiger partial charge in [0.25, 0.3) is 0 Å². The van der Waals surface area contributed by atoms with Crippen molar-refractivity contribution in [1.82, 2.24) is 9.78 Å². The van der Waals surface area contributed by atoms with Gasteiger partial charge in [-0.1, -0.05) is 11.6 Å². The van der Waals surface area contributed by atoms with Crippen LogP contribution in [0.1, 0.15) is 21.7 Å². The number of aryl methyl sites for hydroxylation is 2. The van der Waals surface area contributed by atoms with Gasteiger partial charge in [-0.3, -0.25) is 4.68 Å². The fourth-order valence-electron chi connectivity index (χ4n) is 1.77. The van der Waals surface area contributed by atoms with E-state index in [0.717, 1.165) is 5.69 Å². The smallest absolute Gasteiger partial charge is 0.339 e. The Morgan fingerprint density at radius 1 is 1.42 bits per heavy atom. The summed E-state index contributed by atoms with van der Waals surface area (Å²) in [6, 6.07) is 4.42. The zero-order valence-electron chi connectivity index (χ0n) is 10.8. The second-order valence-corrected chi connectivity index (χ2v) is 4.61. The van der Waals surface area contributed by atoms with Crippen molar-refractivity contribution in [3.63, 3.8) is 0 Å². The van der Waals surface area contributed by atoms with Crippen LogP contribution in [-0.4, -0.2) is 20.9 Å². The highest BCUT2D eigenvalue weighted by molar-refractivity contribution is 6.30. The second kappa shape index (κ2) is 4.93. The maximum Gasteiger partial charge on any atom is 0.339 e. The van der Waals surface area contributed by atoms with Gasteiger partial charge in [0.05, 0.1) is 5.69 Å². The summed E-state index contributed by atoms with van der Waals surface area (Å²) in [5, 5.41) is 13.8. The van der Waals surface area contributed by atoms with E-state index in [-0.39, 0.29) is 11.3 Å².